The summed E-state index contributed by atoms with van der Waals surface area (Å²) >= 11 is 0. The first-order valence-electron chi connectivity index (χ1n) is 7.79. The molecule has 1 saturated heterocycles. The summed E-state index contributed by atoms with van der Waals surface area (Å²) in [7, 11) is 1.70. The molecule has 0 aliphatic carbocycles. The lowest BCUT2D eigenvalue weighted by Gasteiger charge is -2.23. The second-order valence-corrected chi connectivity index (χ2v) is 5.65. The molecule has 1 aliphatic heterocycles. The SMILES string of the molecule is CNC(=O)CCCCc1ccc(C2CCNCC2)cc1. The van der Waals surface area contributed by atoms with Gasteiger partial charge in [-0.2, -0.15) is 0 Å². The second-order valence-electron chi connectivity index (χ2n) is 5.65. The second kappa shape index (κ2) is 8.05. The van der Waals surface area contributed by atoms with Crippen molar-refractivity contribution < 1.29 is 4.79 Å². The van der Waals surface area contributed by atoms with Crippen LogP contribution in [0.1, 0.15) is 49.1 Å². The third kappa shape index (κ3) is 4.64. The van der Waals surface area contributed by atoms with Crippen LogP contribution in [0.15, 0.2) is 24.3 Å². The number of rotatable bonds is 6. The monoisotopic (exact) mass is 274 g/mol. The van der Waals surface area contributed by atoms with Gasteiger partial charge in [-0.1, -0.05) is 24.3 Å². The van der Waals surface area contributed by atoms with Gasteiger partial charge in [-0.3, -0.25) is 4.79 Å². The Balaban J connectivity index is 1.75. The van der Waals surface area contributed by atoms with E-state index in [0.717, 1.165) is 38.3 Å². The van der Waals surface area contributed by atoms with Gasteiger partial charge in [0.25, 0.3) is 0 Å². The smallest absolute Gasteiger partial charge is 0.219 e. The first-order chi connectivity index (χ1) is 9.79. The third-order valence-electron chi connectivity index (χ3n) is 4.19. The molecule has 1 fully saturated rings. The van der Waals surface area contributed by atoms with E-state index >= 15 is 0 Å². The maximum atomic E-state index is 11.1. The van der Waals surface area contributed by atoms with E-state index in [1.54, 1.807) is 7.05 Å². The van der Waals surface area contributed by atoms with E-state index in [1.165, 1.54) is 24.0 Å². The van der Waals surface area contributed by atoms with Crippen molar-refractivity contribution >= 4 is 5.91 Å². The fourth-order valence-corrected chi connectivity index (χ4v) is 2.85. The number of hydrogen-bond donors (Lipinski definition) is 2. The largest absolute Gasteiger partial charge is 0.359 e. The Bertz CT molecular complexity index is 408. The number of amides is 1. The number of benzene rings is 1. The van der Waals surface area contributed by atoms with Gasteiger partial charge in [-0.15, -0.1) is 0 Å². The minimum absolute atomic E-state index is 0.145. The van der Waals surface area contributed by atoms with E-state index < -0.39 is 0 Å². The molecule has 0 aromatic heterocycles. The summed E-state index contributed by atoms with van der Waals surface area (Å²) < 4.78 is 0. The molecule has 2 rings (SSSR count). The van der Waals surface area contributed by atoms with E-state index in [1.807, 2.05) is 0 Å². The van der Waals surface area contributed by atoms with Crippen LogP contribution in [0, 0.1) is 0 Å². The van der Waals surface area contributed by atoms with Gasteiger partial charge in [-0.05, 0) is 62.2 Å². The van der Waals surface area contributed by atoms with Crippen LogP contribution in [0.3, 0.4) is 0 Å². The fourth-order valence-electron chi connectivity index (χ4n) is 2.85. The average molecular weight is 274 g/mol. The lowest BCUT2D eigenvalue weighted by atomic mass is 9.89. The number of nitrogens with one attached hydrogen (secondary N) is 2. The van der Waals surface area contributed by atoms with E-state index in [-0.39, 0.29) is 5.91 Å². The molecule has 3 heteroatoms. The average Bonchev–Trinajstić information content (AvgIpc) is 2.52. The van der Waals surface area contributed by atoms with Crippen molar-refractivity contribution in [1.29, 1.82) is 0 Å². The number of piperidine rings is 1. The molecule has 1 aromatic carbocycles. The van der Waals surface area contributed by atoms with Gasteiger partial charge in [0, 0.05) is 13.5 Å². The first kappa shape index (κ1) is 15.0. The number of unbranched alkanes of at least 4 members (excludes halogenated alkanes) is 1. The van der Waals surface area contributed by atoms with E-state index in [0.29, 0.717) is 6.42 Å². The summed E-state index contributed by atoms with van der Waals surface area (Å²) in [6.45, 7) is 2.29. The van der Waals surface area contributed by atoms with Crippen LogP contribution in [-0.4, -0.2) is 26.0 Å². The van der Waals surface area contributed by atoms with Gasteiger partial charge in [0.05, 0.1) is 0 Å². The molecule has 0 bridgehead atoms. The maximum absolute atomic E-state index is 11.1. The van der Waals surface area contributed by atoms with E-state index in [9.17, 15) is 4.79 Å². The van der Waals surface area contributed by atoms with Crippen molar-refractivity contribution in [2.75, 3.05) is 20.1 Å². The van der Waals surface area contributed by atoms with Crippen LogP contribution < -0.4 is 10.6 Å². The highest BCUT2D eigenvalue weighted by molar-refractivity contribution is 5.75. The number of hydrogen-bond acceptors (Lipinski definition) is 2. The Labute approximate surface area is 122 Å². The fraction of sp³-hybridized carbons (Fsp3) is 0.588. The van der Waals surface area contributed by atoms with Crippen LogP contribution in [0.2, 0.25) is 0 Å². The Morgan fingerprint density at radius 2 is 1.90 bits per heavy atom. The molecule has 0 saturated carbocycles. The number of carbonyl (C=O) groups excluding carboxylic acids is 1. The van der Waals surface area contributed by atoms with Crippen LogP contribution in [0.25, 0.3) is 0 Å². The minimum atomic E-state index is 0.145. The molecule has 1 amide bonds. The topological polar surface area (TPSA) is 41.1 Å². The Morgan fingerprint density at radius 3 is 2.55 bits per heavy atom. The predicted octanol–water partition coefficient (Wildman–Crippen LogP) is 2.61. The van der Waals surface area contributed by atoms with E-state index in [4.69, 9.17) is 0 Å². The molecule has 0 radical (unpaired) electrons. The van der Waals surface area contributed by atoms with Gasteiger partial charge < -0.3 is 10.6 Å². The third-order valence-corrected chi connectivity index (χ3v) is 4.19. The highest BCUT2D eigenvalue weighted by Gasteiger charge is 2.14. The van der Waals surface area contributed by atoms with Gasteiger partial charge in [0.15, 0.2) is 0 Å². The molecule has 3 nitrogen and oxygen atoms in total. The van der Waals surface area contributed by atoms with Crippen molar-refractivity contribution in [2.45, 2.75) is 44.4 Å². The summed E-state index contributed by atoms with van der Waals surface area (Å²) in [5.41, 5.74) is 2.88. The Hall–Kier alpha value is -1.35. The lowest BCUT2D eigenvalue weighted by molar-refractivity contribution is -0.120. The summed E-state index contributed by atoms with van der Waals surface area (Å²) in [5.74, 6) is 0.879. The summed E-state index contributed by atoms with van der Waals surface area (Å²) in [5, 5.41) is 6.07. The molecular formula is C17H26N2O. The normalized spacial score (nSPS) is 16.1. The Morgan fingerprint density at radius 1 is 1.20 bits per heavy atom. The van der Waals surface area contributed by atoms with Crippen LogP contribution in [0.4, 0.5) is 0 Å². The van der Waals surface area contributed by atoms with Crippen molar-refractivity contribution in [2.24, 2.45) is 0 Å². The van der Waals surface area contributed by atoms with Gasteiger partial charge in [-0.25, -0.2) is 0 Å². The maximum Gasteiger partial charge on any atom is 0.219 e. The summed E-state index contributed by atoms with van der Waals surface area (Å²) in [6.07, 6.45) is 6.28. The highest BCUT2D eigenvalue weighted by Crippen LogP contribution is 2.25. The summed E-state index contributed by atoms with van der Waals surface area (Å²) in [4.78, 5) is 11.1. The predicted molar refractivity (Wildman–Crippen MR) is 82.9 cm³/mol. The minimum Gasteiger partial charge on any atom is -0.359 e. The van der Waals surface area contributed by atoms with Crippen LogP contribution >= 0.6 is 0 Å². The zero-order valence-corrected chi connectivity index (χ0v) is 12.5. The van der Waals surface area contributed by atoms with Crippen molar-refractivity contribution in [3.05, 3.63) is 35.4 Å². The molecule has 1 heterocycles. The summed E-state index contributed by atoms with van der Waals surface area (Å²) in [6, 6.07) is 9.11. The quantitative estimate of drug-likeness (QED) is 0.783. The molecule has 0 atom stereocenters. The molecule has 1 aromatic rings. The van der Waals surface area contributed by atoms with Gasteiger partial charge in [0.1, 0.15) is 0 Å². The van der Waals surface area contributed by atoms with Crippen LogP contribution in [0.5, 0.6) is 0 Å². The first-order valence-corrected chi connectivity index (χ1v) is 7.79. The lowest BCUT2D eigenvalue weighted by Crippen LogP contribution is -2.26. The zero-order valence-electron chi connectivity index (χ0n) is 12.5. The molecule has 0 unspecified atom stereocenters. The molecule has 110 valence electrons. The van der Waals surface area contributed by atoms with Gasteiger partial charge >= 0.3 is 0 Å². The standard InChI is InChI=1S/C17H26N2O/c1-18-17(20)5-3-2-4-14-6-8-15(9-7-14)16-10-12-19-13-11-16/h6-9,16,19H,2-5,10-13H2,1H3,(H,18,20). The van der Waals surface area contributed by atoms with Crippen LogP contribution in [-0.2, 0) is 11.2 Å². The van der Waals surface area contributed by atoms with E-state index in [2.05, 4.69) is 34.9 Å². The highest BCUT2D eigenvalue weighted by atomic mass is 16.1. The molecule has 2 N–H and O–H groups in total. The Kier molecular flexibility index (Phi) is 6.06. The molecule has 1 aliphatic rings. The van der Waals surface area contributed by atoms with Gasteiger partial charge in [0.2, 0.25) is 5.91 Å². The van der Waals surface area contributed by atoms with Crippen molar-refractivity contribution in [3.8, 4) is 0 Å². The number of aryl methyl sites for hydroxylation is 1. The van der Waals surface area contributed by atoms with Crippen molar-refractivity contribution in [1.82, 2.24) is 10.6 Å². The van der Waals surface area contributed by atoms with Crippen molar-refractivity contribution in [3.63, 3.8) is 0 Å². The zero-order chi connectivity index (χ0) is 14.2. The molecular weight excluding hydrogens is 248 g/mol. The molecule has 20 heavy (non-hydrogen) atoms. The molecule has 0 spiro atoms. The number of carbonyl (C=O) groups is 1.